The molecule has 9 nitrogen and oxygen atoms in total. The largest absolute Gasteiger partial charge is 0.493 e. The van der Waals surface area contributed by atoms with Crippen LogP contribution < -0.4 is 14.8 Å². The Morgan fingerprint density at radius 2 is 1.91 bits per heavy atom. The van der Waals surface area contributed by atoms with Gasteiger partial charge in [0.15, 0.2) is 11.5 Å². The van der Waals surface area contributed by atoms with Crippen molar-refractivity contribution >= 4 is 28.7 Å². The van der Waals surface area contributed by atoms with Crippen molar-refractivity contribution in [1.82, 2.24) is 19.6 Å². The number of H-pyrrole nitrogens is 1. The van der Waals surface area contributed by atoms with Crippen LogP contribution in [0.25, 0.3) is 16.8 Å². The van der Waals surface area contributed by atoms with Crippen LogP contribution in [0.4, 0.5) is 5.95 Å². The Kier molecular flexibility index (Phi) is 3.68. The molecule has 0 fully saturated rings. The van der Waals surface area contributed by atoms with Crippen molar-refractivity contribution in [2.45, 2.75) is 13.0 Å². The first kappa shape index (κ1) is 14.9. The van der Waals surface area contributed by atoms with E-state index in [4.69, 9.17) is 9.47 Å². The maximum atomic E-state index is 11.5. The standard InChI is InChI=1S/C14H17N5O4/c1-7(12(20)23-4)15-13-17-14-16-8-5-10(21-2)11(22-3)6-9(8)19(14)18-13/h5-7H,1-4H3,(H2,15,16,17,18). The van der Waals surface area contributed by atoms with Gasteiger partial charge in [0.1, 0.15) is 6.04 Å². The average Bonchev–Trinajstić information content (AvgIpc) is 3.09. The van der Waals surface area contributed by atoms with E-state index in [1.165, 1.54) is 7.11 Å². The highest BCUT2D eigenvalue weighted by molar-refractivity contribution is 5.83. The second kappa shape index (κ2) is 5.67. The number of methoxy groups -OCH3 is 3. The Hall–Kier alpha value is -2.97. The Morgan fingerprint density at radius 1 is 1.22 bits per heavy atom. The van der Waals surface area contributed by atoms with Crippen molar-refractivity contribution in [3.8, 4) is 11.5 Å². The fourth-order valence-corrected chi connectivity index (χ4v) is 2.31. The molecule has 0 spiro atoms. The minimum Gasteiger partial charge on any atom is -0.493 e. The lowest BCUT2D eigenvalue weighted by molar-refractivity contribution is -0.141. The fourth-order valence-electron chi connectivity index (χ4n) is 2.31. The summed E-state index contributed by atoms with van der Waals surface area (Å²) in [5, 5.41) is 5.97. The highest BCUT2D eigenvalue weighted by Gasteiger charge is 2.17. The van der Waals surface area contributed by atoms with Crippen LogP contribution in [-0.2, 0) is 9.53 Å². The summed E-state index contributed by atoms with van der Waals surface area (Å²) >= 11 is 0. The molecule has 2 aromatic heterocycles. The molecule has 2 heterocycles. The number of imidazole rings is 1. The number of carbonyl (C=O) groups excluding carboxylic acids is 1. The molecule has 9 heteroatoms. The molecule has 23 heavy (non-hydrogen) atoms. The molecule has 0 radical (unpaired) electrons. The number of nitrogens with one attached hydrogen (secondary N) is 2. The van der Waals surface area contributed by atoms with Crippen LogP contribution in [0.5, 0.6) is 11.5 Å². The number of hydrogen-bond donors (Lipinski definition) is 2. The van der Waals surface area contributed by atoms with Gasteiger partial charge < -0.3 is 19.5 Å². The zero-order valence-electron chi connectivity index (χ0n) is 13.2. The molecule has 0 aliphatic carbocycles. The average molecular weight is 319 g/mol. The van der Waals surface area contributed by atoms with E-state index < -0.39 is 6.04 Å². The number of esters is 1. The highest BCUT2D eigenvalue weighted by Crippen LogP contribution is 2.32. The van der Waals surface area contributed by atoms with Crippen molar-refractivity contribution in [3.05, 3.63) is 12.1 Å². The van der Waals surface area contributed by atoms with Gasteiger partial charge in [-0.15, -0.1) is 0 Å². The Morgan fingerprint density at radius 3 is 2.57 bits per heavy atom. The van der Waals surface area contributed by atoms with Crippen LogP contribution in [0, 0.1) is 0 Å². The number of ether oxygens (including phenoxy) is 3. The molecule has 1 unspecified atom stereocenters. The topological polar surface area (TPSA) is 103 Å². The second-order valence-corrected chi connectivity index (χ2v) is 4.90. The molecule has 0 aliphatic rings. The summed E-state index contributed by atoms with van der Waals surface area (Å²) in [6.45, 7) is 1.68. The number of fused-ring (bicyclic) bond motifs is 3. The third kappa shape index (κ3) is 2.50. The van der Waals surface area contributed by atoms with Gasteiger partial charge in [-0.1, -0.05) is 0 Å². The fraction of sp³-hybridized carbons (Fsp3) is 0.357. The van der Waals surface area contributed by atoms with Gasteiger partial charge in [0.2, 0.25) is 5.95 Å². The molecule has 0 saturated carbocycles. The van der Waals surface area contributed by atoms with Gasteiger partial charge in [0.25, 0.3) is 5.78 Å². The zero-order valence-corrected chi connectivity index (χ0v) is 13.2. The number of benzene rings is 1. The van der Waals surface area contributed by atoms with E-state index in [2.05, 4.69) is 25.1 Å². The van der Waals surface area contributed by atoms with Gasteiger partial charge in [-0.05, 0) is 6.92 Å². The molecular weight excluding hydrogens is 302 g/mol. The summed E-state index contributed by atoms with van der Waals surface area (Å²) in [6, 6.07) is 3.05. The van der Waals surface area contributed by atoms with E-state index in [9.17, 15) is 4.79 Å². The minimum atomic E-state index is -0.531. The number of rotatable bonds is 5. The number of carbonyl (C=O) groups is 1. The van der Waals surface area contributed by atoms with Crippen molar-refractivity contribution in [2.24, 2.45) is 0 Å². The minimum absolute atomic E-state index is 0.379. The van der Waals surface area contributed by atoms with Crippen molar-refractivity contribution in [1.29, 1.82) is 0 Å². The van der Waals surface area contributed by atoms with Gasteiger partial charge in [-0.2, -0.15) is 4.98 Å². The van der Waals surface area contributed by atoms with Gasteiger partial charge >= 0.3 is 5.97 Å². The normalized spacial score (nSPS) is 12.3. The Labute approximate surface area is 131 Å². The van der Waals surface area contributed by atoms with E-state index in [0.29, 0.717) is 28.7 Å². The lowest BCUT2D eigenvalue weighted by atomic mass is 10.3. The summed E-state index contributed by atoms with van der Waals surface area (Å²) in [7, 11) is 4.47. The van der Waals surface area contributed by atoms with Gasteiger partial charge in [0, 0.05) is 12.1 Å². The zero-order chi connectivity index (χ0) is 16.6. The summed E-state index contributed by atoms with van der Waals surface area (Å²) in [4.78, 5) is 20.2. The van der Waals surface area contributed by atoms with E-state index in [0.717, 1.165) is 5.52 Å². The molecule has 0 saturated heterocycles. The Bertz CT molecular complexity index is 869. The SMILES string of the molecule is COC(=O)C(C)Nc1nc2nc3cc(OC)c(OC)cc3n2[nH]1. The summed E-state index contributed by atoms with van der Waals surface area (Å²) in [5.74, 6) is 1.69. The maximum absolute atomic E-state index is 11.5. The van der Waals surface area contributed by atoms with E-state index in [1.807, 2.05) is 0 Å². The number of anilines is 1. The predicted octanol–water partition coefficient (Wildman–Crippen LogP) is 1.20. The number of aromatic nitrogens is 4. The molecule has 1 atom stereocenters. The predicted molar refractivity (Wildman–Crippen MR) is 83.0 cm³/mol. The molecule has 1 aromatic carbocycles. The van der Waals surface area contributed by atoms with Gasteiger partial charge in [-0.25, -0.2) is 14.3 Å². The van der Waals surface area contributed by atoms with E-state index in [1.54, 1.807) is 37.8 Å². The van der Waals surface area contributed by atoms with Gasteiger partial charge in [-0.3, -0.25) is 5.10 Å². The monoisotopic (exact) mass is 319 g/mol. The molecule has 0 amide bonds. The molecule has 2 N–H and O–H groups in total. The lowest BCUT2D eigenvalue weighted by Crippen LogP contribution is -2.27. The number of aromatic amines is 1. The molecule has 0 bridgehead atoms. The van der Waals surface area contributed by atoms with Crippen LogP contribution in [0.15, 0.2) is 12.1 Å². The van der Waals surface area contributed by atoms with E-state index in [-0.39, 0.29) is 5.97 Å². The molecule has 3 rings (SSSR count). The molecular formula is C14H17N5O4. The second-order valence-electron chi connectivity index (χ2n) is 4.90. The van der Waals surface area contributed by atoms with Crippen LogP contribution in [0.1, 0.15) is 6.92 Å². The van der Waals surface area contributed by atoms with Crippen molar-refractivity contribution in [3.63, 3.8) is 0 Å². The number of nitrogens with zero attached hydrogens (tertiary/aromatic N) is 3. The Balaban J connectivity index is 2.02. The van der Waals surface area contributed by atoms with Crippen LogP contribution in [0.3, 0.4) is 0 Å². The first-order valence-electron chi connectivity index (χ1n) is 6.92. The molecule has 0 aliphatic heterocycles. The summed E-state index contributed by atoms with van der Waals surface area (Å²) in [5.41, 5.74) is 1.50. The quantitative estimate of drug-likeness (QED) is 0.681. The van der Waals surface area contributed by atoms with E-state index >= 15 is 0 Å². The van der Waals surface area contributed by atoms with Crippen LogP contribution in [-0.4, -0.2) is 52.9 Å². The highest BCUT2D eigenvalue weighted by atomic mass is 16.5. The number of hydrogen-bond acceptors (Lipinski definition) is 7. The van der Waals surface area contributed by atoms with Crippen LogP contribution >= 0.6 is 0 Å². The third-order valence-corrected chi connectivity index (χ3v) is 3.48. The lowest BCUT2D eigenvalue weighted by Gasteiger charge is -2.09. The summed E-state index contributed by atoms with van der Waals surface area (Å²) < 4.78 is 16.9. The summed E-state index contributed by atoms with van der Waals surface area (Å²) in [6.07, 6.45) is 0. The van der Waals surface area contributed by atoms with Gasteiger partial charge in [0.05, 0.1) is 32.4 Å². The first-order valence-corrected chi connectivity index (χ1v) is 6.92. The third-order valence-electron chi connectivity index (χ3n) is 3.48. The van der Waals surface area contributed by atoms with Crippen molar-refractivity contribution < 1.29 is 19.0 Å². The molecule has 3 aromatic rings. The maximum Gasteiger partial charge on any atom is 0.328 e. The molecule has 122 valence electrons. The first-order chi connectivity index (χ1) is 11.1. The van der Waals surface area contributed by atoms with Crippen molar-refractivity contribution in [2.75, 3.05) is 26.6 Å². The smallest absolute Gasteiger partial charge is 0.328 e. The van der Waals surface area contributed by atoms with Crippen LogP contribution in [0.2, 0.25) is 0 Å².